The molecule has 2 aromatic heterocycles. The van der Waals surface area contributed by atoms with Gasteiger partial charge in [-0.3, -0.25) is 4.78 Å². The molecule has 0 unspecified atom stereocenters. The standard InChI is InChI=1S/C23H24N6O2S/c1-31-21-16-18(28-12-14-32(24,30)15-13-28)6-7-19(21)26-23-25-10-8-22(27-23)29-11-9-17-4-2-3-5-20(17)29/h2-11,16,24H,12-15H2,1H3,(H,25,26,27). The second kappa shape index (κ2) is 8.16. The summed E-state index contributed by atoms with van der Waals surface area (Å²) in [6.07, 6.45) is 3.73. The van der Waals surface area contributed by atoms with E-state index in [-0.39, 0.29) is 0 Å². The summed E-state index contributed by atoms with van der Waals surface area (Å²) in [5, 5.41) is 4.41. The summed E-state index contributed by atoms with van der Waals surface area (Å²) in [4.78, 5) is 11.2. The first-order chi connectivity index (χ1) is 15.5. The second-order valence-electron chi connectivity index (χ2n) is 7.70. The van der Waals surface area contributed by atoms with E-state index in [1.54, 1.807) is 13.3 Å². The molecule has 0 bridgehead atoms. The fourth-order valence-corrected chi connectivity index (χ4v) is 5.15. The maximum atomic E-state index is 11.9. The van der Waals surface area contributed by atoms with E-state index in [4.69, 9.17) is 9.52 Å². The highest BCUT2D eigenvalue weighted by Crippen LogP contribution is 2.32. The van der Waals surface area contributed by atoms with Crippen molar-refractivity contribution in [2.45, 2.75) is 0 Å². The van der Waals surface area contributed by atoms with E-state index in [9.17, 15) is 4.21 Å². The van der Waals surface area contributed by atoms with Gasteiger partial charge >= 0.3 is 0 Å². The van der Waals surface area contributed by atoms with Gasteiger partial charge in [0.2, 0.25) is 5.95 Å². The lowest BCUT2D eigenvalue weighted by atomic mass is 10.2. The molecular formula is C23H24N6O2S. The van der Waals surface area contributed by atoms with Crippen molar-refractivity contribution in [2.24, 2.45) is 0 Å². The first-order valence-electron chi connectivity index (χ1n) is 10.4. The fourth-order valence-electron chi connectivity index (χ4n) is 3.91. The molecule has 1 fully saturated rings. The highest BCUT2D eigenvalue weighted by molar-refractivity contribution is 7.92. The number of rotatable bonds is 5. The molecule has 0 amide bonds. The minimum Gasteiger partial charge on any atom is -0.494 e. The van der Waals surface area contributed by atoms with Crippen LogP contribution in [0.25, 0.3) is 16.7 Å². The Morgan fingerprint density at radius 1 is 1.09 bits per heavy atom. The zero-order chi connectivity index (χ0) is 22.1. The Bertz CT molecular complexity index is 1370. The lowest BCUT2D eigenvalue weighted by Crippen LogP contribution is -2.39. The number of benzene rings is 2. The Labute approximate surface area is 186 Å². The zero-order valence-electron chi connectivity index (χ0n) is 17.7. The minimum absolute atomic E-state index is 0.393. The predicted molar refractivity (Wildman–Crippen MR) is 128 cm³/mol. The molecule has 1 aliphatic heterocycles. The van der Waals surface area contributed by atoms with E-state index in [1.165, 1.54) is 0 Å². The van der Waals surface area contributed by atoms with E-state index < -0.39 is 9.73 Å². The summed E-state index contributed by atoms with van der Waals surface area (Å²) in [6, 6.07) is 18.0. The van der Waals surface area contributed by atoms with Gasteiger partial charge in [-0.2, -0.15) is 4.98 Å². The molecule has 0 aliphatic carbocycles. The monoisotopic (exact) mass is 448 g/mol. The fraction of sp³-hybridized carbons (Fsp3) is 0.217. The lowest BCUT2D eigenvalue weighted by Gasteiger charge is -2.30. The van der Waals surface area contributed by atoms with Crippen LogP contribution in [0, 0.1) is 4.78 Å². The Hall–Kier alpha value is -3.59. The van der Waals surface area contributed by atoms with Crippen LogP contribution in [-0.2, 0) is 9.73 Å². The molecule has 5 rings (SSSR count). The molecule has 0 radical (unpaired) electrons. The van der Waals surface area contributed by atoms with Gasteiger partial charge in [-0.25, -0.2) is 9.19 Å². The van der Waals surface area contributed by atoms with Crippen molar-refractivity contribution in [1.29, 1.82) is 4.78 Å². The Morgan fingerprint density at radius 3 is 2.72 bits per heavy atom. The first kappa shape index (κ1) is 20.3. The molecule has 2 aromatic carbocycles. The van der Waals surface area contributed by atoms with E-state index in [0.29, 0.717) is 36.3 Å². The molecule has 164 valence electrons. The van der Waals surface area contributed by atoms with Crippen LogP contribution in [0.1, 0.15) is 0 Å². The number of methoxy groups -OCH3 is 1. The van der Waals surface area contributed by atoms with E-state index >= 15 is 0 Å². The average molecular weight is 449 g/mol. The van der Waals surface area contributed by atoms with E-state index in [1.807, 2.05) is 47.2 Å². The number of aromatic nitrogens is 3. The molecule has 1 aliphatic rings. The van der Waals surface area contributed by atoms with E-state index in [2.05, 4.69) is 38.4 Å². The van der Waals surface area contributed by atoms with Crippen LogP contribution in [0.4, 0.5) is 17.3 Å². The van der Waals surface area contributed by atoms with Gasteiger partial charge in [0.15, 0.2) is 0 Å². The van der Waals surface area contributed by atoms with Crippen LogP contribution >= 0.6 is 0 Å². The first-order valence-corrected chi connectivity index (χ1v) is 12.3. The lowest BCUT2D eigenvalue weighted by molar-refractivity contribution is 0.416. The molecule has 3 heterocycles. The highest BCUT2D eigenvalue weighted by atomic mass is 32.2. The number of hydrogen-bond acceptors (Lipinski definition) is 7. The predicted octanol–water partition coefficient (Wildman–Crippen LogP) is 4.04. The smallest absolute Gasteiger partial charge is 0.229 e. The molecule has 0 atom stereocenters. The third-order valence-electron chi connectivity index (χ3n) is 5.67. The van der Waals surface area contributed by atoms with Gasteiger partial charge in [0.25, 0.3) is 0 Å². The van der Waals surface area contributed by atoms with Crippen molar-refractivity contribution >= 4 is 38.0 Å². The van der Waals surface area contributed by atoms with Crippen LogP contribution in [0.2, 0.25) is 0 Å². The number of nitrogens with zero attached hydrogens (tertiary/aromatic N) is 4. The third-order valence-corrected chi connectivity index (χ3v) is 7.35. The summed E-state index contributed by atoms with van der Waals surface area (Å²) in [7, 11) is -0.803. The maximum Gasteiger partial charge on any atom is 0.229 e. The zero-order valence-corrected chi connectivity index (χ0v) is 18.5. The average Bonchev–Trinajstić information content (AvgIpc) is 3.24. The summed E-state index contributed by atoms with van der Waals surface area (Å²) in [5.41, 5.74) is 2.82. The molecule has 8 nitrogen and oxygen atoms in total. The van der Waals surface area contributed by atoms with Gasteiger partial charge in [0.05, 0.1) is 18.3 Å². The molecule has 1 saturated heterocycles. The number of ether oxygens (including phenoxy) is 1. The minimum atomic E-state index is -2.43. The van der Waals surface area contributed by atoms with Gasteiger partial charge in [0.1, 0.15) is 11.6 Å². The Morgan fingerprint density at radius 2 is 1.91 bits per heavy atom. The number of anilines is 3. The van der Waals surface area contributed by atoms with Crippen LogP contribution in [0.3, 0.4) is 0 Å². The van der Waals surface area contributed by atoms with Crippen molar-refractivity contribution in [3.63, 3.8) is 0 Å². The second-order valence-corrected chi connectivity index (χ2v) is 10.1. The summed E-state index contributed by atoms with van der Waals surface area (Å²) >= 11 is 0. The number of fused-ring (bicyclic) bond motifs is 1. The highest BCUT2D eigenvalue weighted by Gasteiger charge is 2.20. The maximum absolute atomic E-state index is 11.9. The molecule has 2 N–H and O–H groups in total. The Kier molecular flexibility index (Phi) is 5.18. The van der Waals surface area contributed by atoms with Gasteiger partial charge in [0, 0.05) is 58.5 Å². The van der Waals surface area contributed by atoms with Gasteiger partial charge < -0.3 is 19.5 Å². The largest absolute Gasteiger partial charge is 0.494 e. The summed E-state index contributed by atoms with van der Waals surface area (Å²) in [5.74, 6) is 2.69. The molecule has 0 saturated carbocycles. The van der Waals surface area contributed by atoms with Crippen molar-refractivity contribution in [1.82, 2.24) is 14.5 Å². The summed E-state index contributed by atoms with van der Waals surface area (Å²) < 4.78 is 27.4. The number of hydrogen-bond donors (Lipinski definition) is 2. The topological polar surface area (TPSA) is 96.1 Å². The van der Waals surface area contributed by atoms with Crippen LogP contribution in [-0.4, -0.2) is 50.4 Å². The SMILES string of the molecule is COc1cc(N2CCS(=N)(=O)CC2)ccc1Nc1nccc(-n2ccc3ccccc32)n1. The normalized spacial score (nSPS) is 15.6. The van der Waals surface area contributed by atoms with Crippen LogP contribution in [0.5, 0.6) is 5.75 Å². The van der Waals surface area contributed by atoms with Crippen molar-refractivity contribution in [3.05, 3.63) is 67.0 Å². The molecule has 4 aromatic rings. The Balaban J connectivity index is 1.40. The molecular weight excluding hydrogens is 424 g/mol. The van der Waals surface area contributed by atoms with Gasteiger partial charge in [-0.15, -0.1) is 0 Å². The number of nitrogens with one attached hydrogen (secondary N) is 2. The molecule has 9 heteroatoms. The quantitative estimate of drug-likeness (QED) is 0.478. The summed E-state index contributed by atoms with van der Waals surface area (Å²) in [6.45, 7) is 1.21. The molecule has 32 heavy (non-hydrogen) atoms. The molecule has 0 spiro atoms. The van der Waals surface area contributed by atoms with Gasteiger partial charge in [-0.1, -0.05) is 18.2 Å². The number of para-hydroxylation sites is 1. The van der Waals surface area contributed by atoms with Crippen LogP contribution < -0.4 is 15.0 Å². The van der Waals surface area contributed by atoms with Crippen molar-refractivity contribution < 1.29 is 8.95 Å². The van der Waals surface area contributed by atoms with Crippen molar-refractivity contribution in [2.75, 3.05) is 41.9 Å². The van der Waals surface area contributed by atoms with Crippen molar-refractivity contribution in [3.8, 4) is 11.6 Å². The third kappa shape index (κ3) is 3.99. The van der Waals surface area contributed by atoms with Crippen LogP contribution in [0.15, 0.2) is 67.0 Å². The van der Waals surface area contributed by atoms with E-state index in [0.717, 1.165) is 28.1 Å². The van der Waals surface area contributed by atoms with Gasteiger partial charge in [-0.05, 0) is 35.7 Å².